The summed E-state index contributed by atoms with van der Waals surface area (Å²) in [6, 6.07) is 2.83. The molecule has 0 atom stereocenters. The molecule has 0 saturated carbocycles. The highest BCUT2D eigenvalue weighted by Crippen LogP contribution is 2.18. The van der Waals surface area contributed by atoms with Crippen LogP contribution < -0.4 is 5.56 Å². The van der Waals surface area contributed by atoms with E-state index in [1.165, 1.54) is 18.3 Å². The van der Waals surface area contributed by atoms with Crippen molar-refractivity contribution in [1.82, 2.24) is 9.55 Å². The van der Waals surface area contributed by atoms with E-state index in [1.807, 2.05) is 0 Å². The van der Waals surface area contributed by atoms with Gasteiger partial charge in [0.2, 0.25) is 0 Å². The molecular formula is C10H6ClF3N2O. The number of hydrogen-bond acceptors (Lipinski definition) is 2. The molecule has 0 fully saturated rings. The van der Waals surface area contributed by atoms with E-state index >= 15 is 0 Å². The van der Waals surface area contributed by atoms with Crippen molar-refractivity contribution in [3.8, 4) is 0 Å². The lowest BCUT2D eigenvalue weighted by Gasteiger charge is -2.09. The second-order valence-corrected chi connectivity index (χ2v) is 3.85. The minimum absolute atomic E-state index is 0.112. The van der Waals surface area contributed by atoms with E-state index < -0.39 is 18.3 Å². The lowest BCUT2D eigenvalue weighted by atomic mass is 10.2. The Morgan fingerprint density at radius 3 is 2.76 bits per heavy atom. The van der Waals surface area contributed by atoms with Gasteiger partial charge in [-0.15, -0.1) is 0 Å². The average Bonchev–Trinajstić information content (AvgIpc) is 2.20. The van der Waals surface area contributed by atoms with Crippen LogP contribution in [0.1, 0.15) is 0 Å². The maximum absolute atomic E-state index is 12.2. The predicted octanol–water partition coefficient (Wildman–Crippen LogP) is 2.61. The van der Waals surface area contributed by atoms with Crippen molar-refractivity contribution >= 4 is 22.4 Å². The molecule has 0 aliphatic heterocycles. The zero-order valence-electron chi connectivity index (χ0n) is 8.33. The van der Waals surface area contributed by atoms with Crippen LogP contribution >= 0.6 is 11.6 Å². The topological polar surface area (TPSA) is 34.9 Å². The molecule has 0 aliphatic rings. The van der Waals surface area contributed by atoms with Crippen molar-refractivity contribution in [2.45, 2.75) is 12.7 Å². The molecular weight excluding hydrogens is 257 g/mol. The van der Waals surface area contributed by atoms with Crippen molar-refractivity contribution in [2.75, 3.05) is 0 Å². The number of rotatable bonds is 1. The molecule has 0 amide bonds. The Bertz CT molecular complexity index is 621. The molecule has 2 rings (SSSR count). The first-order valence-electron chi connectivity index (χ1n) is 4.58. The lowest BCUT2D eigenvalue weighted by Crippen LogP contribution is -2.27. The summed E-state index contributed by atoms with van der Waals surface area (Å²) in [4.78, 5) is 15.4. The summed E-state index contributed by atoms with van der Waals surface area (Å²) in [6.45, 7) is -1.32. The Labute approximate surface area is 98.5 Å². The summed E-state index contributed by atoms with van der Waals surface area (Å²) >= 11 is 5.62. The van der Waals surface area contributed by atoms with Gasteiger partial charge >= 0.3 is 6.18 Å². The van der Waals surface area contributed by atoms with Crippen molar-refractivity contribution in [2.24, 2.45) is 0 Å². The van der Waals surface area contributed by atoms with E-state index in [2.05, 4.69) is 4.98 Å². The van der Waals surface area contributed by atoms with Gasteiger partial charge in [0.25, 0.3) is 5.56 Å². The molecule has 2 heterocycles. The van der Waals surface area contributed by atoms with Gasteiger partial charge in [0.15, 0.2) is 0 Å². The number of fused-ring (bicyclic) bond motifs is 1. The Hall–Kier alpha value is -1.56. The third-order valence-corrected chi connectivity index (χ3v) is 2.38. The van der Waals surface area contributed by atoms with Crippen molar-refractivity contribution < 1.29 is 13.2 Å². The summed E-state index contributed by atoms with van der Waals surface area (Å²) in [5.74, 6) is 0. The minimum Gasteiger partial charge on any atom is -0.306 e. The van der Waals surface area contributed by atoms with Gasteiger partial charge in [0.1, 0.15) is 11.7 Å². The normalized spacial score (nSPS) is 12.0. The summed E-state index contributed by atoms with van der Waals surface area (Å²) in [5, 5.41) is 0.764. The minimum atomic E-state index is -4.43. The molecule has 7 heteroatoms. The van der Waals surface area contributed by atoms with E-state index in [1.54, 1.807) is 0 Å². The molecule has 0 aliphatic carbocycles. The van der Waals surface area contributed by atoms with Gasteiger partial charge in [0, 0.05) is 12.4 Å². The van der Waals surface area contributed by atoms with E-state index in [0.29, 0.717) is 9.95 Å². The van der Waals surface area contributed by atoms with Gasteiger partial charge in [-0.2, -0.15) is 13.2 Å². The van der Waals surface area contributed by atoms with Crippen LogP contribution in [0.3, 0.4) is 0 Å². The van der Waals surface area contributed by atoms with Crippen molar-refractivity contribution in [3.63, 3.8) is 0 Å². The van der Waals surface area contributed by atoms with Gasteiger partial charge in [-0.1, -0.05) is 11.6 Å². The fourth-order valence-corrected chi connectivity index (χ4v) is 1.64. The number of alkyl halides is 3. The highest BCUT2D eigenvalue weighted by Gasteiger charge is 2.28. The molecule has 0 unspecified atom stereocenters. The predicted molar refractivity (Wildman–Crippen MR) is 57.1 cm³/mol. The zero-order chi connectivity index (χ0) is 12.6. The van der Waals surface area contributed by atoms with Crippen LogP contribution in [-0.4, -0.2) is 15.7 Å². The van der Waals surface area contributed by atoms with Gasteiger partial charge in [-0.25, -0.2) is 4.98 Å². The van der Waals surface area contributed by atoms with Crippen LogP contribution in [0.5, 0.6) is 0 Å². The smallest absolute Gasteiger partial charge is 0.306 e. The second-order valence-electron chi connectivity index (χ2n) is 3.46. The SMILES string of the molecule is O=c1c2cnc(Cl)cc2ccn1CC(F)(F)F. The number of halogens is 4. The van der Waals surface area contributed by atoms with Crippen LogP contribution in [0, 0.1) is 0 Å². The molecule has 0 bridgehead atoms. The second kappa shape index (κ2) is 4.03. The monoisotopic (exact) mass is 262 g/mol. The van der Waals surface area contributed by atoms with E-state index in [9.17, 15) is 18.0 Å². The van der Waals surface area contributed by atoms with E-state index in [-0.39, 0.29) is 10.5 Å². The van der Waals surface area contributed by atoms with Gasteiger partial charge in [-0.3, -0.25) is 4.79 Å². The van der Waals surface area contributed by atoms with Crippen LogP contribution in [0.15, 0.2) is 29.3 Å². The standard InChI is InChI=1S/C10H6ClF3N2O/c11-8-3-6-1-2-16(5-10(12,13)14)9(17)7(6)4-15-8/h1-4H,5H2. The van der Waals surface area contributed by atoms with Crippen LogP contribution in [0.2, 0.25) is 5.15 Å². The summed E-state index contributed by atoms with van der Waals surface area (Å²) in [7, 11) is 0. The molecule has 0 radical (unpaired) electrons. The van der Waals surface area contributed by atoms with E-state index in [4.69, 9.17) is 11.6 Å². The summed E-state index contributed by atoms with van der Waals surface area (Å²) < 4.78 is 37.2. The third kappa shape index (κ3) is 2.58. The van der Waals surface area contributed by atoms with E-state index in [0.717, 1.165) is 6.20 Å². The number of nitrogens with zero attached hydrogens (tertiary/aromatic N) is 2. The largest absolute Gasteiger partial charge is 0.406 e. The molecule has 0 aromatic carbocycles. The summed E-state index contributed by atoms with van der Waals surface area (Å²) in [6.07, 6.45) is -2.17. The number of pyridine rings is 2. The average molecular weight is 263 g/mol. The van der Waals surface area contributed by atoms with Gasteiger partial charge < -0.3 is 4.57 Å². The Kier molecular flexibility index (Phi) is 2.82. The lowest BCUT2D eigenvalue weighted by molar-refractivity contribution is -0.141. The molecule has 90 valence electrons. The van der Waals surface area contributed by atoms with Crippen molar-refractivity contribution in [3.05, 3.63) is 40.0 Å². The number of aromatic nitrogens is 2. The first-order chi connectivity index (χ1) is 7.87. The highest BCUT2D eigenvalue weighted by molar-refractivity contribution is 6.30. The fraction of sp³-hybridized carbons (Fsp3) is 0.200. The molecule has 2 aromatic heterocycles. The Morgan fingerprint density at radius 2 is 2.12 bits per heavy atom. The Balaban J connectivity index is 2.59. The van der Waals surface area contributed by atoms with Crippen molar-refractivity contribution in [1.29, 1.82) is 0 Å². The molecule has 0 saturated heterocycles. The molecule has 2 aromatic rings. The maximum atomic E-state index is 12.2. The van der Waals surface area contributed by atoms with Crippen LogP contribution in [0.25, 0.3) is 10.8 Å². The molecule has 3 nitrogen and oxygen atoms in total. The molecule has 0 N–H and O–H groups in total. The maximum Gasteiger partial charge on any atom is 0.406 e. The zero-order valence-corrected chi connectivity index (χ0v) is 9.09. The summed E-state index contributed by atoms with van der Waals surface area (Å²) in [5.41, 5.74) is -0.732. The fourth-order valence-electron chi connectivity index (χ4n) is 1.47. The quantitative estimate of drug-likeness (QED) is 0.741. The molecule has 0 spiro atoms. The third-order valence-electron chi connectivity index (χ3n) is 2.18. The van der Waals surface area contributed by atoms with Gasteiger partial charge in [0.05, 0.1) is 5.39 Å². The van der Waals surface area contributed by atoms with Crippen LogP contribution in [-0.2, 0) is 6.54 Å². The van der Waals surface area contributed by atoms with Gasteiger partial charge in [-0.05, 0) is 17.5 Å². The van der Waals surface area contributed by atoms with Crippen LogP contribution in [0.4, 0.5) is 13.2 Å². The number of hydrogen-bond donors (Lipinski definition) is 0. The first kappa shape index (κ1) is 11.9. The Morgan fingerprint density at radius 1 is 1.41 bits per heavy atom. The highest BCUT2D eigenvalue weighted by atomic mass is 35.5. The first-order valence-corrected chi connectivity index (χ1v) is 4.96. The molecule has 17 heavy (non-hydrogen) atoms.